The molecular weight excluding hydrogens is 374 g/mol. The normalized spacial score (nSPS) is 24.2. The molecule has 1 amide bonds. The van der Waals surface area contributed by atoms with Gasteiger partial charge < -0.3 is 9.64 Å². The number of piperidine rings is 1. The van der Waals surface area contributed by atoms with Gasteiger partial charge in [0.2, 0.25) is 0 Å². The summed E-state index contributed by atoms with van der Waals surface area (Å²) in [4.78, 5) is 15.0. The van der Waals surface area contributed by atoms with Crippen LogP contribution in [-0.4, -0.2) is 43.2 Å². The molecule has 0 radical (unpaired) electrons. The van der Waals surface area contributed by atoms with E-state index >= 15 is 0 Å². The lowest BCUT2D eigenvalue weighted by Crippen LogP contribution is -2.51. The molecule has 2 saturated heterocycles. The van der Waals surface area contributed by atoms with Gasteiger partial charge in [0.15, 0.2) is 16.4 Å². The molecule has 2 aliphatic heterocycles. The molecule has 6 heteroatoms. The highest BCUT2D eigenvalue weighted by molar-refractivity contribution is 7.92. The maximum absolute atomic E-state index is 13.0. The van der Waals surface area contributed by atoms with Crippen LogP contribution in [-0.2, 0) is 14.6 Å². The summed E-state index contributed by atoms with van der Waals surface area (Å²) in [6, 6.07) is 16.2. The minimum absolute atomic E-state index is 0.00777. The third-order valence-corrected chi connectivity index (χ3v) is 8.06. The first-order valence-electron chi connectivity index (χ1n) is 9.75. The SMILES string of the molecule is Cc1ccc(OCC(=O)N2C3CCC2CC(S(=O)(=O)c2ccccc2)C3)cc1. The number of ether oxygens (including phenoxy) is 1. The Morgan fingerprint density at radius 3 is 2.21 bits per heavy atom. The maximum Gasteiger partial charge on any atom is 0.261 e. The number of benzene rings is 2. The second kappa shape index (κ2) is 7.59. The number of hydrogen-bond acceptors (Lipinski definition) is 4. The zero-order valence-electron chi connectivity index (χ0n) is 16.0. The molecule has 2 unspecified atom stereocenters. The predicted octanol–water partition coefficient (Wildman–Crippen LogP) is 3.37. The van der Waals surface area contributed by atoms with Crippen LogP contribution in [0.4, 0.5) is 0 Å². The van der Waals surface area contributed by atoms with Crippen molar-refractivity contribution in [3.63, 3.8) is 0 Å². The van der Waals surface area contributed by atoms with Crippen molar-refractivity contribution in [2.75, 3.05) is 6.61 Å². The Labute approximate surface area is 166 Å². The molecule has 2 aromatic carbocycles. The lowest BCUT2D eigenvalue weighted by molar-refractivity contribution is -0.137. The minimum atomic E-state index is -3.37. The number of nitrogens with zero attached hydrogens (tertiary/aromatic N) is 1. The fourth-order valence-electron chi connectivity index (χ4n) is 4.44. The van der Waals surface area contributed by atoms with Gasteiger partial charge in [-0.3, -0.25) is 4.79 Å². The molecule has 2 aliphatic rings. The number of carbonyl (C=O) groups is 1. The first-order valence-corrected chi connectivity index (χ1v) is 11.3. The molecule has 148 valence electrons. The van der Waals surface area contributed by atoms with E-state index in [-0.39, 0.29) is 24.6 Å². The van der Waals surface area contributed by atoms with Gasteiger partial charge in [0.05, 0.1) is 10.1 Å². The van der Waals surface area contributed by atoms with Gasteiger partial charge in [-0.2, -0.15) is 0 Å². The predicted molar refractivity (Wildman–Crippen MR) is 107 cm³/mol. The molecule has 0 saturated carbocycles. The van der Waals surface area contributed by atoms with E-state index in [0.717, 1.165) is 18.4 Å². The van der Waals surface area contributed by atoms with Crippen molar-refractivity contribution < 1.29 is 17.9 Å². The summed E-state index contributed by atoms with van der Waals surface area (Å²) in [6.07, 6.45) is 2.73. The first kappa shape index (κ1) is 19.0. The van der Waals surface area contributed by atoms with E-state index in [9.17, 15) is 13.2 Å². The monoisotopic (exact) mass is 399 g/mol. The van der Waals surface area contributed by atoms with E-state index in [1.54, 1.807) is 24.3 Å². The van der Waals surface area contributed by atoms with E-state index in [1.165, 1.54) is 0 Å². The van der Waals surface area contributed by atoms with Gasteiger partial charge in [-0.15, -0.1) is 0 Å². The second-order valence-electron chi connectivity index (χ2n) is 7.74. The van der Waals surface area contributed by atoms with Crippen LogP contribution >= 0.6 is 0 Å². The van der Waals surface area contributed by atoms with Crippen molar-refractivity contribution in [2.45, 2.75) is 54.8 Å². The molecule has 2 fully saturated rings. The quantitative estimate of drug-likeness (QED) is 0.773. The smallest absolute Gasteiger partial charge is 0.261 e. The van der Waals surface area contributed by atoms with Gasteiger partial charge in [0.25, 0.3) is 5.91 Å². The zero-order chi connectivity index (χ0) is 19.7. The highest BCUT2D eigenvalue weighted by Gasteiger charge is 2.47. The highest BCUT2D eigenvalue weighted by Crippen LogP contribution is 2.39. The van der Waals surface area contributed by atoms with Crippen LogP contribution in [0.1, 0.15) is 31.2 Å². The molecule has 5 nitrogen and oxygen atoms in total. The van der Waals surface area contributed by atoms with E-state index in [2.05, 4.69) is 0 Å². The van der Waals surface area contributed by atoms with Gasteiger partial charge in [0.1, 0.15) is 5.75 Å². The molecule has 0 N–H and O–H groups in total. The lowest BCUT2D eigenvalue weighted by Gasteiger charge is -2.38. The van der Waals surface area contributed by atoms with Crippen LogP contribution in [0.25, 0.3) is 0 Å². The summed E-state index contributed by atoms with van der Waals surface area (Å²) < 4.78 is 31.6. The first-order chi connectivity index (χ1) is 13.4. The van der Waals surface area contributed by atoms with E-state index in [1.807, 2.05) is 42.2 Å². The van der Waals surface area contributed by atoms with Crippen LogP contribution in [0, 0.1) is 6.92 Å². The number of amides is 1. The molecular formula is C22H25NO4S. The molecule has 0 spiro atoms. The van der Waals surface area contributed by atoms with E-state index in [4.69, 9.17) is 4.74 Å². The van der Waals surface area contributed by atoms with Gasteiger partial charge >= 0.3 is 0 Å². The van der Waals surface area contributed by atoms with Crippen LogP contribution in [0.3, 0.4) is 0 Å². The number of rotatable bonds is 5. The Kier molecular flexibility index (Phi) is 5.15. The number of sulfone groups is 1. The Hall–Kier alpha value is -2.34. The minimum Gasteiger partial charge on any atom is -0.484 e. The standard InChI is InChI=1S/C22H25NO4S/c1-16-7-11-19(12-8-16)27-15-22(24)23-17-9-10-18(23)14-21(13-17)28(25,26)20-5-3-2-4-6-20/h2-8,11-12,17-18,21H,9-10,13-15H2,1H3. The molecule has 4 rings (SSSR count). The number of fused-ring (bicyclic) bond motifs is 2. The van der Waals surface area contributed by atoms with Crippen LogP contribution in [0.15, 0.2) is 59.5 Å². The van der Waals surface area contributed by atoms with Crippen molar-refractivity contribution in [3.05, 3.63) is 60.2 Å². The Morgan fingerprint density at radius 1 is 1.00 bits per heavy atom. The summed E-state index contributed by atoms with van der Waals surface area (Å²) in [5.74, 6) is 0.622. The number of carbonyl (C=O) groups excluding carboxylic acids is 1. The van der Waals surface area contributed by atoms with Gasteiger partial charge in [-0.25, -0.2) is 8.42 Å². The van der Waals surface area contributed by atoms with Crippen molar-refractivity contribution in [3.8, 4) is 5.75 Å². The van der Waals surface area contributed by atoms with Crippen LogP contribution in [0.5, 0.6) is 5.75 Å². The summed E-state index contributed by atoms with van der Waals surface area (Å²) in [5, 5.41) is -0.422. The fourth-order valence-corrected chi connectivity index (χ4v) is 6.32. The number of hydrogen-bond donors (Lipinski definition) is 0. The lowest BCUT2D eigenvalue weighted by atomic mass is 10.0. The summed E-state index contributed by atoms with van der Waals surface area (Å²) in [6.45, 7) is 1.99. The summed E-state index contributed by atoms with van der Waals surface area (Å²) in [7, 11) is -3.37. The molecule has 2 bridgehead atoms. The van der Waals surface area contributed by atoms with Crippen LogP contribution in [0.2, 0.25) is 0 Å². The topological polar surface area (TPSA) is 63.7 Å². The average Bonchev–Trinajstić information content (AvgIpc) is 2.97. The van der Waals surface area contributed by atoms with Crippen LogP contribution < -0.4 is 4.74 Å². The molecule has 2 aromatic rings. The fraction of sp³-hybridized carbons (Fsp3) is 0.409. The zero-order valence-corrected chi connectivity index (χ0v) is 16.8. The van der Waals surface area contributed by atoms with Gasteiger partial charge in [-0.05, 0) is 56.9 Å². The van der Waals surface area contributed by atoms with Crippen molar-refractivity contribution >= 4 is 15.7 Å². The van der Waals surface area contributed by atoms with Crippen molar-refractivity contribution in [2.24, 2.45) is 0 Å². The average molecular weight is 400 g/mol. The Balaban J connectivity index is 1.42. The molecule has 2 heterocycles. The molecule has 0 aromatic heterocycles. The molecule has 2 atom stereocenters. The van der Waals surface area contributed by atoms with Crippen molar-refractivity contribution in [1.82, 2.24) is 4.90 Å². The molecule has 28 heavy (non-hydrogen) atoms. The Morgan fingerprint density at radius 2 is 1.61 bits per heavy atom. The van der Waals surface area contributed by atoms with Crippen molar-refractivity contribution in [1.29, 1.82) is 0 Å². The largest absolute Gasteiger partial charge is 0.484 e. The van der Waals surface area contributed by atoms with E-state index in [0.29, 0.717) is 23.5 Å². The Bertz CT molecular complexity index is 926. The van der Waals surface area contributed by atoms with Gasteiger partial charge in [0, 0.05) is 12.1 Å². The second-order valence-corrected chi connectivity index (χ2v) is 9.97. The maximum atomic E-state index is 13.0. The summed E-state index contributed by atoms with van der Waals surface area (Å²) >= 11 is 0. The highest BCUT2D eigenvalue weighted by atomic mass is 32.2. The van der Waals surface area contributed by atoms with E-state index < -0.39 is 15.1 Å². The molecule has 0 aliphatic carbocycles. The number of aryl methyl sites for hydroxylation is 1. The third-order valence-electron chi connectivity index (χ3n) is 5.87. The summed E-state index contributed by atoms with van der Waals surface area (Å²) in [5.41, 5.74) is 1.14. The third kappa shape index (κ3) is 3.65. The van der Waals surface area contributed by atoms with Gasteiger partial charge in [-0.1, -0.05) is 35.9 Å².